The van der Waals surface area contributed by atoms with Crippen LogP contribution in [0, 0.1) is 11.8 Å². The van der Waals surface area contributed by atoms with Crippen LogP contribution in [-0.2, 0) is 0 Å². The molecular weight excluding hydrogens is 178 g/mol. The Hall–Kier alpha value is 0.310. The average molecular weight is 201 g/mol. The second-order valence-electron chi connectivity index (χ2n) is 4.14. The first-order valence-electron chi connectivity index (χ1n) is 5.52. The van der Waals surface area contributed by atoms with Gasteiger partial charge in [0.25, 0.3) is 0 Å². The maximum Gasteiger partial charge on any atom is -0.00209 e. The first kappa shape index (κ1) is 11.4. The van der Waals surface area contributed by atoms with Crippen molar-refractivity contribution < 1.29 is 0 Å². The first-order chi connectivity index (χ1) is 6.38. The summed E-state index contributed by atoms with van der Waals surface area (Å²) in [4.78, 5) is 0. The molecule has 2 heteroatoms. The Bertz CT molecular complexity index is 125. The molecule has 0 saturated heterocycles. The standard InChI is InChI=1S/C11H23NS/c1-12-9-11-6-4-3-5-10(11)7-8-13-2/h10-12H,3-9H2,1-2H3. The molecule has 2 unspecified atom stereocenters. The topological polar surface area (TPSA) is 12.0 Å². The second-order valence-corrected chi connectivity index (χ2v) is 5.13. The molecule has 1 N–H and O–H groups in total. The lowest BCUT2D eigenvalue weighted by Gasteiger charge is -2.31. The van der Waals surface area contributed by atoms with Crippen molar-refractivity contribution in [3.05, 3.63) is 0 Å². The van der Waals surface area contributed by atoms with E-state index in [0.717, 1.165) is 11.8 Å². The van der Waals surface area contributed by atoms with Crippen LogP contribution in [0.25, 0.3) is 0 Å². The predicted octanol–water partition coefficient (Wildman–Crippen LogP) is 2.77. The highest BCUT2D eigenvalue weighted by Crippen LogP contribution is 2.32. The molecule has 1 rings (SSSR count). The monoisotopic (exact) mass is 201 g/mol. The molecule has 1 aliphatic carbocycles. The molecule has 78 valence electrons. The third kappa shape index (κ3) is 3.90. The zero-order valence-electron chi connectivity index (χ0n) is 9.01. The van der Waals surface area contributed by atoms with E-state index < -0.39 is 0 Å². The Labute approximate surface area is 87.1 Å². The van der Waals surface area contributed by atoms with Gasteiger partial charge in [-0.1, -0.05) is 19.3 Å². The largest absolute Gasteiger partial charge is 0.319 e. The predicted molar refractivity (Wildman–Crippen MR) is 62.4 cm³/mol. The van der Waals surface area contributed by atoms with Gasteiger partial charge < -0.3 is 5.32 Å². The van der Waals surface area contributed by atoms with Crippen LogP contribution in [0.4, 0.5) is 0 Å². The van der Waals surface area contributed by atoms with Crippen molar-refractivity contribution in [2.24, 2.45) is 11.8 Å². The number of hydrogen-bond acceptors (Lipinski definition) is 2. The molecule has 1 nitrogen and oxygen atoms in total. The van der Waals surface area contributed by atoms with Crippen LogP contribution in [0.5, 0.6) is 0 Å². The van der Waals surface area contributed by atoms with Crippen LogP contribution >= 0.6 is 11.8 Å². The minimum atomic E-state index is 0.964. The van der Waals surface area contributed by atoms with Crippen molar-refractivity contribution >= 4 is 11.8 Å². The SMILES string of the molecule is CNCC1CCCCC1CCSC. The summed E-state index contributed by atoms with van der Waals surface area (Å²) >= 11 is 1.99. The van der Waals surface area contributed by atoms with Crippen molar-refractivity contribution in [3.63, 3.8) is 0 Å². The quantitative estimate of drug-likeness (QED) is 0.734. The third-order valence-electron chi connectivity index (χ3n) is 3.23. The summed E-state index contributed by atoms with van der Waals surface area (Å²) in [6.07, 6.45) is 9.53. The molecule has 0 radical (unpaired) electrons. The highest BCUT2D eigenvalue weighted by atomic mass is 32.2. The maximum atomic E-state index is 3.34. The van der Waals surface area contributed by atoms with Gasteiger partial charge in [-0.05, 0) is 50.3 Å². The summed E-state index contributed by atoms with van der Waals surface area (Å²) in [6, 6.07) is 0. The van der Waals surface area contributed by atoms with E-state index in [1.165, 1.54) is 44.4 Å². The van der Waals surface area contributed by atoms with Gasteiger partial charge in [0.2, 0.25) is 0 Å². The fraction of sp³-hybridized carbons (Fsp3) is 1.00. The summed E-state index contributed by atoms with van der Waals surface area (Å²) in [6.45, 7) is 1.24. The highest BCUT2D eigenvalue weighted by Gasteiger charge is 2.23. The van der Waals surface area contributed by atoms with Crippen molar-refractivity contribution in [2.45, 2.75) is 32.1 Å². The number of nitrogens with one attached hydrogen (secondary N) is 1. The van der Waals surface area contributed by atoms with Crippen molar-refractivity contribution in [3.8, 4) is 0 Å². The molecule has 1 fully saturated rings. The van der Waals surface area contributed by atoms with Crippen LogP contribution in [0.2, 0.25) is 0 Å². The van der Waals surface area contributed by atoms with Crippen LogP contribution < -0.4 is 5.32 Å². The second kappa shape index (κ2) is 6.72. The Morgan fingerprint density at radius 2 is 1.92 bits per heavy atom. The molecule has 1 aliphatic rings. The van der Waals surface area contributed by atoms with Gasteiger partial charge in [0, 0.05) is 0 Å². The molecule has 1 saturated carbocycles. The number of hydrogen-bond donors (Lipinski definition) is 1. The minimum absolute atomic E-state index is 0.964. The van der Waals surface area contributed by atoms with Gasteiger partial charge in [-0.25, -0.2) is 0 Å². The maximum absolute atomic E-state index is 3.34. The molecule has 2 atom stereocenters. The van der Waals surface area contributed by atoms with E-state index in [1.54, 1.807) is 0 Å². The molecule has 0 heterocycles. The van der Waals surface area contributed by atoms with E-state index in [2.05, 4.69) is 18.6 Å². The van der Waals surface area contributed by atoms with E-state index in [4.69, 9.17) is 0 Å². The van der Waals surface area contributed by atoms with Crippen LogP contribution in [0.3, 0.4) is 0 Å². The normalized spacial score (nSPS) is 29.1. The van der Waals surface area contributed by atoms with Crippen LogP contribution in [0.15, 0.2) is 0 Å². The smallest absolute Gasteiger partial charge is 0.00209 e. The van der Waals surface area contributed by atoms with Gasteiger partial charge in [0.15, 0.2) is 0 Å². The van der Waals surface area contributed by atoms with Gasteiger partial charge >= 0.3 is 0 Å². The van der Waals surface area contributed by atoms with Crippen LogP contribution in [-0.4, -0.2) is 25.6 Å². The van der Waals surface area contributed by atoms with Gasteiger partial charge in [-0.15, -0.1) is 0 Å². The molecule has 13 heavy (non-hydrogen) atoms. The Balaban J connectivity index is 2.28. The first-order valence-corrected chi connectivity index (χ1v) is 6.91. The molecule has 0 spiro atoms. The van der Waals surface area contributed by atoms with Gasteiger partial charge in [0.1, 0.15) is 0 Å². The fourth-order valence-electron chi connectivity index (χ4n) is 2.46. The summed E-state index contributed by atoms with van der Waals surface area (Å²) in [5.74, 6) is 3.32. The molecule has 0 bridgehead atoms. The fourth-order valence-corrected chi connectivity index (χ4v) is 3.00. The lowest BCUT2D eigenvalue weighted by atomic mass is 9.78. The van der Waals surface area contributed by atoms with Crippen molar-refractivity contribution in [1.82, 2.24) is 5.32 Å². The Kier molecular flexibility index (Phi) is 5.88. The van der Waals surface area contributed by atoms with E-state index in [-0.39, 0.29) is 0 Å². The van der Waals surface area contributed by atoms with E-state index in [9.17, 15) is 0 Å². The molecule has 0 aromatic rings. The summed E-state index contributed by atoms with van der Waals surface area (Å²) in [5.41, 5.74) is 0. The average Bonchev–Trinajstić information content (AvgIpc) is 2.17. The van der Waals surface area contributed by atoms with Gasteiger partial charge in [0.05, 0.1) is 0 Å². The number of rotatable bonds is 5. The Morgan fingerprint density at radius 1 is 1.23 bits per heavy atom. The van der Waals surface area contributed by atoms with Crippen molar-refractivity contribution in [1.29, 1.82) is 0 Å². The van der Waals surface area contributed by atoms with Gasteiger partial charge in [-0.2, -0.15) is 11.8 Å². The highest BCUT2D eigenvalue weighted by molar-refractivity contribution is 7.98. The van der Waals surface area contributed by atoms with Crippen molar-refractivity contribution in [2.75, 3.05) is 25.6 Å². The lowest BCUT2D eigenvalue weighted by Crippen LogP contribution is -2.29. The molecule has 0 aliphatic heterocycles. The number of thioether (sulfide) groups is 1. The zero-order valence-corrected chi connectivity index (χ0v) is 9.83. The summed E-state index contributed by atoms with van der Waals surface area (Å²) in [7, 11) is 2.08. The van der Waals surface area contributed by atoms with E-state index in [0.29, 0.717) is 0 Å². The molecule has 0 aromatic carbocycles. The Morgan fingerprint density at radius 3 is 2.54 bits per heavy atom. The summed E-state index contributed by atoms with van der Waals surface area (Å²) < 4.78 is 0. The van der Waals surface area contributed by atoms with E-state index >= 15 is 0 Å². The van der Waals surface area contributed by atoms with Gasteiger partial charge in [-0.3, -0.25) is 0 Å². The third-order valence-corrected chi connectivity index (χ3v) is 3.87. The molecule has 0 aromatic heterocycles. The summed E-state index contributed by atoms with van der Waals surface area (Å²) in [5, 5.41) is 3.34. The zero-order chi connectivity index (χ0) is 9.52. The van der Waals surface area contributed by atoms with E-state index in [1.807, 2.05) is 11.8 Å². The molecular formula is C11H23NS. The lowest BCUT2D eigenvalue weighted by molar-refractivity contribution is 0.229. The van der Waals surface area contributed by atoms with Crippen LogP contribution in [0.1, 0.15) is 32.1 Å². The minimum Gasteiger partial charge on any atom is -0.319 e. The molecule has 0 amide bonds.